The number of hydrogen-bond acceptors (Lipinski definition) is 2. The molecule has 0 saturated carbocycles. The maximum Gasteiger partial charge on any atom is 0.0767 e. The van der Waals surface area contributed by atoms with Crippen molar-refractivity contribution in [2.75, 3.05) is 5.43 Å². The molecule has 0 aliphatic rings. The van der Waals surface area contributed by atoms with Gasteiger partial charge in [-0.25, -0.2) is 0 Å². The van der Waals surface area contributed by atoms with Crippen molar-refractivity contribution in [3.63, 3.8) is 0 Å². The molecule has 0 aliphatic heterocycles. The largest absolute Gasteiger partial charge is 0.320 e. The molecule has 2 aromatic heterocycles. The van der Waals surface area contributed by atoms with Crippen LogP contribution in [0.15, 0.2) is 29.0 Å². The van der Waals surface area contributed by atoms with Crippen molar-refractivity contribution in [1.82, 2.24) is 14.5 Å². The summed E-state index contributed by atoms with van der Waals surface area (Å²) in [5, 5.41) is 4.45. The number of nitrogens with one attached hydrogen (secondary N) is 1. The molecule has 0 radical (unpaired) electrons. The first-order valence-electron chi connectivity index (χ1n) is 5.29. The molecule has 0 saturated heterocycles. The Hall–Kier alpha value is -1.23. The van der Waals surface area contributed by atoms with Gasteiger partial charge in [-0.05, 0) is 34.5 Å². The Bertz CT molecular complexity index is 459. The summed E-state index contributed by atoms with van der Waals surface area (Å²) in [5.41, 5.74) is 5.55. The van der Waals surface area contributed by atoms with Crippen LogP contribution < -0.4 is 5.43 Å². The highest BCUT2D eigenvalue weighted by molar-refractivity contribution is 9.10. The predicted octanol–water partition coefficient (Wildman–Crippen LogP) is 2.29. The van der Waals surface area contributed by atoms with Gasteiger partial charge in [-0.1, -0.05) is 6.92 Å². The highest BCUT2D eigenvalue weighted by Crippen LogP contribution is 2.21. The molecule has 0 atom stereocenters. The Kier molecular flexibility index (Phi) is 3.33. The quantitative estimate of drug-likeness (QED) is 0.934. The summed E-state index contributed by atoms with van der Waals surface area (Å²) in [5.74, 6) is 0. The molecule has 0 aliphatic carbocycles. The summed E-state index contributed by atoms with van der Waals surface area (Å²) in [6, 6.07) is 3.98. The van der Waals surface area contributed by atoms with Gasteiger partial charge in [0.2, 0.25) is 0 Å². The molecule has 2 heterocycles. The molecular weight excluding hydrogens is 268 g/mol. The summed E-state index contributed by atoms with van der Waals surface area (Å²) in [6.45, 7) is 2.86. The zero-order valence-electron chi connectivity index (χ0n) is 9.44. The molecule has 2 aromatic rings. The molecule has 0 aromatic carbocycles. The van der Waals surface area contributed by atoms with E-state index >= 15 is 0 Å². The minimum atomic E-state index is 0.749. The average Bonchev–Trinajstić information content (AvgIpc) is 2.86. The van der Waals surface area contributed by atoms with Crippen LogP contribution >= 0.6 is 15.9 Å². The molecule has 0 unspecified atom stereocenters. The van der Waals surface area contributed by atoms with Crippen LogP contribution in [0.25, 0.3) is 0 Å². The molecule has 16 heavy (non-hydrogen) atoms. The van der Waals surface area contributed by atoms with E-state index in [9.17, 15) is 0 Å². The van der Waals surface area contributed by atoms with Crippen LogP contribution in [0.3, 0.4) is 0 Å². The standard InChI is InChI=1S/C11H15BrN4/c1-3-9-11(12)10(15(2)14-9)8-13-16-6-4-5-7-16/h4-7,13H,3,8H2,1-2H3. The number of aromatic nitrogens is 3. The van der Waals surface area contributed by atoms with Crippen LogP contribution in [0.1, 0.15) is 18.3 Å². The van der Waals surface area contributed by atoms with Crippen LogP contribution in [-0.2, 0) is 20.0 Å². The summed E-state index contributed by atoms with van der Waals surface area (Å²) < 4.78 is 4.96. The SMILES string of the molecule is CCc1nn(C)c(CNn2cccc2)c1Br. The third-order valence-corrected chi connectivity index (χ3v) is 3.45. The first-order chi connectivity index (χ1) is 7.72. The Balaban J connectivity index is 2.12. The zero-order valence-corrected chi connectivity index (χ0v) is 11.0. The van der Waals surface area contributed by atoms with Gasteiger partial charge in [-0.3, -0.25) is 9.36 Å². The fourth-order valence-electron chi connectivity index (χ4n) is 1.62. The third-order valence-electron chi connectivity index (χ3n) is 2.54. The van der Waals surface area contributed by atoms with Crippen molar-refractivity contribution in [1.29, 1.82) is 0 Å². The number of halogens is 1. The molecular formula is C11H15BrN4. The van der Waals surface area contributed by atoms with Crippen LogP contribution in [0.5, 0.6) is 0 Å². The van der Waals surface area contributed by atoms with E-state index in [1.807, 2.05) is 40.9 Å². The van der Waals surface area contributed by atoms with E-state index in [0.717, 1.165) is 28.8 Å². The smallest absolute Gasteiger partial charge is 0.0767 e. The van der Waals surface area contributed by atoms with E-state index in [1.54, 1.807) is 0 Å². The van der Waals surface area contributed by atoms with E-state index < -0.39 is 0 Å². The molecule has 0 amide bonds. The summed E-state index contributed by atoms with van der Waals surface area (Å²) >= 11 is 3.59. The summed E-state index contributed by atoms with van der Waals surface area (Å²) in [7, 11) is 1.97. The molecule has 0 spiro atoms. The lowest BCUT2D eigenvalue weighted by molar-refractivity contribution is 0.688. The topological polar surface area (TPSA) is 34.8 Å². The van der Waals surface area contributed by atoms with Crippen molar-refractivity contribution in [2.45, 2.75) is 19.9 Å². The highest BCUT2D eigenvalue weighted by atomic mass is 79.9. The lowest BCUT2D eigenvalue weighted by atomic mass is 10.3. The first kappa shape index (κ1) is 11.3. The minimum absolute atomic E-state index is 0.749. The van der Waals surface area contributed by atoms with E-state index in [1.165, 1.54) is 0 Å². The Morgan fingerprint density at radius 2 is 2.06 bits per heavy atom. The van der Waals surface area contributed by atoms with E-state index in [0.29, 0.717) is 0 Å². The average molecular weight is 283 g/mol. The maximum atomic E-state index is 4.45. The van der Waals surface area contributed by atoms with Crippen LogP contribution in [0.2, 0.25) is 0 Å². The van der Waals surface area contributed by atoms with Crippen LogP contribution in [0, 0.1) is 0 Å². The van der Waals surface area contributed by atoms with Gasteiger partial charge in [-0.2, -0.15) is 5.10 Å². The Morgan fingerprint density at radius 3 is 2.62 bits per heavy atom. The molecule has 0 bridgehead atoms. The van der Waals surface area contributed by atoms with E-state index in [2.05, 4.69) is 33.4 Å². The van der Waals surface area contributed by atoms with Gasteiger partial charge >= 0.3 is 0 Å². The van der Waals surface area contributed by atoms with Gasteiger partial charge < -0.3 is 5.43 Å². The molecule has 0 fully saturated rings. The fraction of sp³-hybridized carbons (Fsp3) is 0.364. The normalized spacial score (nSPS) is 10.7. The molecule has 86 valence electrons. The van der Waals surface area contributed by atoms with Gasteiger partial charge in [-0.15, -0.1) is 0 Å². The second-order valence-corrected chi connectivity index (χ2v) is 4.40. The predicted molar refractivity (Wildman–Crippen MR) is 67.8 cm³/mol. The molecule has 2 rings (SSSR count). The summed E-state index contributed by atoms with van der Waals surface area (Å²) in [6.07, 6.45) is 4.90. The van der Waals surface area contributed by atoms with Gasteiger partial charge in [0, 0.05) is 19.4 Å². The zero-order chi connectivity index (χ0) is 11.5. The van der Waals surface area contributed by atoms with E-state index in [4.69, 9.17) is 0 Å². The van der Waals surface area contributed by atoms with E-state index in [-0.39, 0.29) is 0 Å². The second-order valence-electron chi connectivity index (χ2n) is 3.61. The number of aryl methyl sites for hydroxylation is 2. The van der Waals surface area contributed by atoms with Crippen molar-refractivity contribution >= 4 is 15.9 Å². The third kappa shape index (κ3) is 2.14. The van der Waals surface area contributed by atoms with Crippen molar-refractivity contribution < 1.29 is 0 Å². The van der Waals surface area contributed by atoms with Gasteiger partial charge in [0.15, 0.2) is 0 Å². The molecule has 5 heteroatoms. The highest BCUT2D eigenvalue weighted by Gasteiger charge is 2.11. The van der Waals surface area contributed by atoms with Crippen molar-refractivity contribution in [3.05, 3.63) is 40.4 Å². The second kappa shape index (κ2) is 4.74. The maximum absolute atomic E-state index is 4.45. The first-order valence-corrected chi connectivity index (χ1v) is 6.08. The minimum Gasteiger partial charge on any atom is -0.320 e. The van der Waals surface area contributed by atoms with Gasteiger partial charge in [0.05, 0.1) is 22.4 Å². The van der Waals surface area contributed by atoms with Gasteiger partial charge in [0.25, 0.3) is 0 Å². The van der Waals surface area contributed by atoms with Crippen molar-refractivity contribution in [2.24, 2.45) is 7.05 Å². The Labute approximate surface area is 103 Å². The van der Waals surface area contributed by atoms with Crippen LogP contribution in [-0.4, -0.2) is 14.5 Å². The molecule has 1 N–H and O–H groups in total. The summed E-state index contributed by atoms with van der Waals surface area (Å²) in [4.78, 5) is 0. The lowest BCUT2D eigenvalue weighted by Crippen LogP contribution is -2.14. The lowest BCUT2D eigenvalue weighted by Gasteiger charge is -2.08. The number of rotatable bonds is 4. The van der Waals surface area contributed by atoms with Crippen molar-refractivity contribution in [3.8, 4) is 0 Å². The number of nitrogens with zero attached hydrogens (tertiary/aromatic N) is 3. The monoisotopic (exact) mass is 282 g/mol. The fourth-order valence-corrected chi connectivity index (χ4v) is 2.37. The van der Waals surface area contributed by atoms with Crippen LogP contribution in [0.4, 0.5) is 0 Å². The number of hydrogen-bond donors (Lipinski definition) is 1. The Morgan fingerprint density at radius 1 is 1.38 bits per heavy atom. The van der Waals surface area contributed by atoms with Gasteiger partial charge in [0.1, 0.15) is 0 Å². The molecule has 4 nitrogen and oxygen atoms in total.